The second-order valence-electron chi connectivity index (χ2n) is 6.88. The van der Waals surface area contributed by atoms with Crippen LogP contribution in [0.4, 0.5) is 0 Å². The molecule has 0 fully saturated rings. The second-order valence-corrected chi connectivity index (χ2v) is 6.88. The first-order valence-corrected chi connectivity index (χ1v) is 8.60. The molecule has 1 atom stereocenters. The van der Waals surface area contributed by atoms with Gasteiger partial charge in [-0.05, 0) is 38.3 Å². The van der Waals surface area contributed by atoms with Gasteiger partial charge < -0.3 is 9.55 Å². The summed E-state index contributed by atoms with van der Waals surface area (Å²) >= 11 is 0. The average molecular weight is 317 g/mol. The van der Waals surface area contributed by atoms with Gasteiger partial charge in [-0.3, -0.25) is 4.79 Å². The highest BCUT2D eigenvalue weighted by atomic mass is 16.1. The first-order chi connectivity index (χ1) is 11.7. The molecule has 2 aliphatic rings. The van der Waals surface area contributed by atoms with E-state index in [9.17, 15) is 4.79 Å². The maximum absolute atomic E-state index is 13.2. The van der Waals surface area contributed by atoms with Crippen LogP contribution in [-0.2, 0) is 6.54 Å². The first-order valence-electron chi connectivity index (χ1n) is 8.60. The van der Waals surface area contributed by atoms with Crippen molar-refractivity contribution in [3.63, 3.8) is 0 Å². The Bertz CT molecular complexity index is 1010. The number of carbonyl (C=O) groups is 1. The lowest BCUT2D eigenvalue weighted by atomic mass is 9.78. The molecule has 3 heterocycles. The van der Waals surface area contributed by atoms with Crippen molar-refractivity contribution < 1.29 is 4.79 Å². The van der Waals surface area contributed by atoms with Crippen LogP contribution in [0.1, 0.15) is 52.6 Å². The third-order valence-corrected chi connectivity index (χ3v) is 5.50. The second kappa shape index (κ2) is 4.94. The van der Waals surface area contributed by atoms with E-state index < -0.39 is 0 Å². The zero-order valence-corrected chi connectivity index (χ0v) is 13.7. The monoisotopic (exact) mass is 317 g/mol. The number of carbonyl (C=O) groups excluding carboxylic acids is 1. The highest BCUT2D eigenvalue weighted by Gasteiger charge is 2.36. The molecule has 1 unspecified atom stereocenters. The van der Waals surface area contributed by atoms with Gasteiger partial charge in [0.25, 0.3) is 0 Å². The summed E-state index contributed by atoms with van der Waals surface area (Å²) in [5, 5.41) is 1.11. The van der Waals surface area contributed by atoms with E-state index in [1.165, 1.54) is 17.6 Å². The maximum atomic E-state index is 13.2. The number of rotatable bonds is 1. The molecule has 4 nitrogen and oxygen atoms in total. The van der Waals surface area contributed by atoms with Crippen molar-refractivity contribution in [1.82, 2.24) is 14.5 Å². The van der Waals surface area contributed by atoms with Crippen LogP contribution < -0.4 is 0 Å². The Hall–Kier alpha value is -2.62. The average Bonchev–Trinajstić information content (AvgIpc) is 3.15. The summed E-state index contributed by atoms with van der Waals surface area (Å²) in [5.41, 5.74) is 6.18. The number of nitrogens with zero attached hydrogens (tertiary/aromatic N) is 2. The summed E-state index contributed by atoms with van der Waals surface area (Å²) in [6.07, 6.45) is 6.84. The predicted octanol–water partition coefficient (Wildman–Crippen LogP) is 4.22. The molecule has 0 saturated carbocycles. The minimum atomic E-state index is 0.181. The fourth-order valence-electron chi connectivity index (χ4n) is 4.38. The number of ketones is 1. The number of benzene rings is 1. The molecule has 1 aliphatic heterocycles. The maximum Gasteiger partial charge on any atom is 0.191 e. The fraction of sp³-hybridized carbons (Fsp3) is 0.300. The molecule has 120 valence electrons. The van der Waals surface area contributed by atoms with E-state index in [4.69, 9.17) is 0 Å². The van der Waals surface area contributed by atoms with Crippen molar-refractivity contribution in [2.75, 3.05) is 0 Å². The zero-order valence-electron chi connectivity index (χ0n) is 13.7. The van der Waals surface area contributed by atoms with Gasteiger partial charge in [0, 0.05) is 40.3 Å². The van der Waals surface area contributed by atoms with Crippen molar-refractivity contribution in [3.05, 3.63) is 58.8 Å². The fourth-order valence-corrected chi connectivity index (χ4v) is 4.38. The van der Waals surface area contributed by atoms with Gasteiger partial charge in [-0.15, -0.1) is 0 Å². The smallest absolute Gasteiger partial charge is 0.191 e. The van der Waals surface area contributed by atoms with Crippen LogP contribution in [-0.4, -0.2) is 20.3 Å². The topological polar surface area (TPSA) is 50.7 Å². The molecule has 5 rings (SSSR count). The largest absolute Gasteiger partial charge is 0.348 e. The molecule has 1 aliphatic carbocycles. The molecular weight excluding hydrogens is 298 g/mol. The number of imidazole rings is 1. The zero-order chi connectivity index (χ0) is 16.3. The Morgan fingerprint density at radius 3 is 3.04 bits per heavy atom. The van der Waals surface area contributed by atoms with E-state index in [2.05, 4.69) is 32.7 Å². The number of H-pyrrole nitrogens is 1. The number of aromatic amines is 1. The molecule has 24 heavy (non-hydrogen) atoms. The number of para-hydroxylation sites is 1. The number of fused-ring (bicyclic) bond motifs is 3. The summed E-state index contributed by atoms with van der Waals surface area (Å²) in [5.74, 6) is 0.629. The number of aromatic nitrogens is 3. The standard InChI is InChI=1S/C20H19N3O/c1-12-16(22-11-21-12)10-14-9-13-5-4-8-23-17-7-3-2-6-15(17)18(19(13)23)20(14)24/h2-3,6-7,10-11,13H,4-5,8-9H2,1H3,(H,21,22). The van der Waals surface area contributed by atoms with Gasteiger partial charge in [0.05, 0.1) is 17.6 Å². The molecule has 1 aromatic carbocycles. The first kappa shape index (κ1) is 13.8. The van der Waals surface area contributed by atoms with Gasteiger partial charge >= 0.3 is 0 Å². The van der Waals surface area contributed by atoms with Crippen LogP contribution in [0.25, 0.3) is 17.0 Å². The summed E-state index contributed by atoms with van der Waals surface area (Å²) in [7, 11) is 0. The summed E-state index contributed by atoms with van der Waals surface area (Å²) in [6, 6.07) is 8.33. The quantitative estimate of drug-likeness (QED) is 0.683. The number of hydrogen-bond acceptors (Lipinski definition) is 2. The van der Waals surface area contributed by atoms with Gasteiger partial charge in [0.2, 0.25) is 0 Å². The Kier molecular flexibility index (Phi) is 2.84. The van der Waals surface area contributed by atoms with E-state index in [0.717, 1.165) is 47.3 Å². The van der Waals surface area contributed by atoms with Crippen molar-refractivity contribution in [1.29, 1.82) is 0 Å². The van der Waals surface area contributed by atoms with E-state index >= 15 is 0 Å². The Balaban J connectivity index is 1.75. The Morgan fingerprint density at radius 2 is 2.21 bits per heavy atom. The third kappa shape index (κ3) is 1.80. The lowest BCUT2D eigenvalue weighted by Gasteiger charge is -2.30. The minimum Gasteiger partial charge on any atom is -0.348 e. The van der Waals surface area contributed by atoms with Crippen LogP contribution >= 0.6 is 0 Å². The molecule has 0 bridgehead atoms. The molecule has 0 radical (unpaired) electrons. The lowest BCUT2D eigenvalue weighted by molar-refractivity contribution is 0.102. The number of nitrogens with one attached hydrogen (secondary N) is 1. The molecule has 4 heteroatoms. The highest BCUT2D eigenvalue weighted by molar-refractivity contribution is 6.20. The van der Waals surface area contributed by atoms with Crippen LogP contribution in [0.5, 0.6) is 0 Å². The molecule has 0 amide bonds. The SMILES string of the molecule is Cc1[nH]cnc1C=C1CC2CCCn3c2c(c2ccccc23)C1=O. The van der Waals surface area contributed by atoms with Gasteiger partial charge in [0.1, 0.15) is 0 Å². The van der Waals surface area contributed by atoms with Crippen molar-refractivity contribution in [2.45, 2.75) is 38.6 Å². The van der Waals surface area contributed by atoms with Crippen LogP contribution in [0, 0.1) is 6.92 Å². The third-order valence-electron chi connectivity index (χ3n) is 5.50. The van der Waals surface area contributed by atoms with E-state index in [1.54, 1.807) is 6.33 Å². The van der Waals surface area contributed by atoms with E-state index in [-0.39, 0.29) is 5.78 Å². The molecule has 3 aromatic rings. The van der Waals surface area contributed by atoms with E-state index in [0.29, 0.717) is 5.92 Å². The van der Waals surface area contributed by atoms with Crippen LogP contribution in [0.15, 0.2) is 36.2 Å². The highest BCUT2D eigenvalue weighted by Crippen LogP contribution is 2.45. The normalized spacial score (nSPS) is 21.5. The summed E-state index contributed by atoms with van der Waals surface area (Å²) < 4.78 is 2.38. The molecule has 2 aromatic heterocycles. The van der Waals surface area contributed by atoms with Crippen molar-refractivity contribution in [3.8, 4) is 0 Å². The lowest BCUT2D eigenvalue weighted by Crippen LogP contribution is -2.24. The summed E-state index contributed by atoms with van der Waals surface area (Å²) in [6.45, 7) is 3.02. The van der Waals surface area contributed by atoms with Crippen molar-refractivity contribution in [2.24, 2.45) is 0 Å². The van der Waals surface area contributed by atoms with Crippen molar-refractivity contribution >= 4 is 22.8 Å². The van der Waals surface area contributed by atoms with Crippen LogP contribution in [0.2, 0.25) is 0 Å². The molecular formula is C20H19N3O. The number of hydrogen-bond donors (Lipinski definition) is 1. The Morgan fingerprint density at radius 1 is 1.33 bits per heavy atom. The van der Waals surface area contributed by atoms with E-state index in [1.807, 2.05) is 19.1 Å². The molecule has 1 N–H and O–H groups in total. The number of Topliss-reactive ketones (excluding diaryl/α,β-unsaturated/α-hetero) is 1. The Labute approximate surface area is 140 Å². The summed E-state index contributed by atoms with van der Waals surface area (Å²) in [4.78, 5) is 20.7. The molecule has 0 spiro atoms. The van der Waals surface area contributed by atoms with Gasteiger partial charge in [0.15, 0.2) is 5.78 Å². The minimum absolute atomic E-state index is 0.181. The van der Waals surface area contributed by atoms with Gasteiger partial charge in [-0.1, -0.05) is 18.2 Å². The number of allylic oxidation sites excluding steroid dienone is 1. The number of aryl methyl sites for hydroxylation is 2. The predicted molar refractivity (Wildman–Crippen MR) is 94.2 cm³/mol. The van der Waals surface area contributed by atoms with Crippen LogP contribution in [0.3, 0.4) is 0 Å². The van der Waals surface area contributed by atoms with Gasteiger partial charge in [-0.25, -0.2) is 4.98 Å². The van der Waals surface area contributed by atoms with Gasteiger partial charge in [-0.2, -0.15) is 0 Å². The molecule has 0 saturated heterocycles.